The number of carbonyl (C=O) groups excluding carboxylic acids is 1. The fraction of sp³-hybridized carbons (Fsp3) is 0.429. The van der Waals surface area contributed by atoms with Gasteiger partial charge >= 0.3 is 12.0 Å². The summed E-state index contributed by atoms with van der Waals surface area (Å²) in [6.45, 7) is 3.88. The van der Waals surface area contributed by atoms with Crippen LogP contribution in [0.2, 0.25) is 0 Å². The van der Waals surface area contributed by atoms with Crippen molar-refractivity contribution in [3.8, 4) is 0 Å². The number of hydrogen-bond acceptors (Lipinski definition) is 2. The number of amides is 2. The van der Waals surface area contributed by atoms with E-state index in [4.69, 9.17) is 5.11 Å². The van der Waals surface area contributed by atoms with Crippen LogP contribution in [0.5, 0.6) is 0 Å². The highest BCUT2D eigenvalue weighted by Crippen LogP contribution is 2.20. The third kappa shape index (κ3) is 4.70. The molecule has 5 nitrogen and oxygen atoms in total. The molecular weight excluding hydrogens is 282 g/mol. The van der Waals surface area contributed by atoms with Crippen LogP contribution in [-0.4, -0.2) is 23.1 Å². The maximum atomic E-state index is 13.2. The van der Waals surface area contributed by atoms with Gasteiger partial charge in [-0.25, -0.2) is 18.4 Å². The Morgan fingerprint density at radius 1 is 1.24 bits per heavy atom. The highest BCUT2D eigenvalue weighted by Gasteiger charge is 2.18. The lowest BCUT2D eigenvalue weighted by molar-refractivity contribution is 0.0697. The fourth-order valence-electron chi connectivity index (χ4n) is 1.90. The van der Waals surface area contributed by atoms with E-state index in [1.807, 2.05) is 13.8 Å². The normalized spacial score (nSPS) is 11.8. The zero-order chi connectivity index (χ0) is 16.0. The van der Waals surface area contributed by atoms with E-state index < -0.39 is 29.2 Å². The summed E-state index contributed by atoms with van der Waals surface area (Å²) in [6, 6.07) is 0.479. The smallest absolute Gasteiger partial charge is 0.337 e. The molecule has 1 rings (SSSR count). The van der Waals surface area contributed by atoms with E-state index in [1.54, 1.807) is 0 Å². The van der Waals surface area contributed by atoms with Crippen molar-refractivity contribution >= 4 is 17.7 Å². The van der Waals surface area contributed by atoms with Gasteiger partial charge in [-0.15, -0.1) is 0 Å². The van der Waals surface area contributed by atoms with Crippen LogP contribution in [0.4, 0.5) is 19.3 Å². The zero-order valence-corrected chi connectivity index (χ0v) is 11.9. The summed E-state index contributed by atoms with van der Waals surface area (Å²) in [5, 5.41) is 13.8. The summed E-state index contributed by atoms with van der Waals surface area (Å²) >= 11 is 0. The van der Waals surface area contributed by atoms with Crippen molar-refractivity contribution in [2.75, 3.05) is 5.32 Å². The molecule has 0 bridgehead atoms. The second-order valence-electron chi connectivity index (χ2n) is 4.61. The van der Waals surface area contributed by atoms with Crippen LogP contribution in [0.1, 0.15) is 43.5 Å². The molecule has 3 N–H and O–H groups in total. The first-order valence-electron chi connectivity index (χ1n) is 6.68. The molecular formula is C14H18F2N2O3. The highest BCUT2D eigenvalue weighted by molar-refractivity contribution is 6.00. The average molecular weight is 300 g/mol. The van der Waals surface area contributed by atoms with Gasteiger partial charge in [0.1, 0.15) is 0 Å². The molecule has 1 aromatic carbocycles. The van der Waals surface area contributed by atoms with Crippen molar-refractivity contribution in [2.45, 2.75) is 39.2 Å². The number of carboxylic acids is 1. The molecule has 116 valence electrons. The number of rotatable bonds is 6. The predicted octanol–water partition coefficient (Wildman–Crippen LogP) is 3.36. The first kappa shape index (κ1) is 16.9. The number of anilines is 1. The van der Waals surface area contributed by atoms with Crippen LogP contribution < -0.4 is 10.6 Å². The number of nitrogens with one attached hydrogen (secondary N) is 2. The van der Waals surface area contributed by atoms with Gasteiger partial charge in [0, 0.05) is 12.1 Å². The lowest BCUT2D eigenvalue weighted by Gasteiger charge is -2.17. The molecule has 21 heavy (non-hydrogen) atoms. The average Bonchev–Trinajstić information content (AvgIpc) is 2.41. The summed E-state index contributed by atoms with van der Waals surface area (Å²) in [7, 11) is 0. The Morgan fingerprint density at radius 2 is 1.86 bits per heavy atom. The van der Waals surface area contributed by atoms with Crippen LogP contribution in [0.15, 0.2) is 12.1 Å². The molecule has 1 aromatic rings. The minimum Gasteiger partial charge on any atom is -0.478 e. The standard InChI is InChI=1S/C14H18F2N2O3/c1-3-5-8(4-2)17-14(21)18-12-7-11(16)10(15)6-9(12)13(19)20/h6-8H,3-5H2,1-2H3,(H,19,20)(H2,17,18,21). The third-order valence-corrected chi connectivity index (χ3v) is 3.00. The highest BCUT2D eigenvalue weighted by atomic mass is 19.2. The van der Waals surface area contributed by atoms with E-state index in [-0.39, 0.29) is 11.7 Å². The molecule has 0 saturated heterocycles. The number of hydrogen-bond donors (Lipinski definition) is 3. The van der Waals surface area contributed by atoms with Gasteiger partial charge in [-0.1, -0.05) is 20.3 Å². The number of benzene rings is 1. The lowest BCUT2D eigenvalue weighted by Crippen LogP contribution is -2.37. The first-order chi connectivity index (χ1) is 9.88. The molecule has 0 radical (unpaired) electrons. The van der Waals surface area contributed by atoms with Gasteiger partial charge in [0.05, 0.1) is 11.3 Å². The molecule has 0 aromatic heterocycles. The monoisotopic (exact) mass is 300 g/mol. The number of carboxylic acid groups (broad SMARTS) is 1. The van der Waals surface area contributed by atoms with Gasteiger partial charge in [-0.2, -0.15) is 0 Å². The Bertz CT molecular complexity index is 535. The van der Waals surface area contributed by atoms with E-state index in [0.717, 1.165) is 12.8 Å². The van der Waals surface area contributed by atoms with Gasteiger partial charge < -0.3 is 15.7 Å². The Hall–Kier alpha value is -2.18. The molecule has 0 heterocycles. The van der Waals surface area contributed by atoms with Gasteiger partial charge in [0.15, 0.2) is 11.6 Å². The molecule has 0 spiro atoms. The first-order valence-corrected chi connectivity index (χ1v) is 6.68. The molecule has 1 atom stereocenters. The summed E-state index contributed by atoms with van der Waals surface area (Å²) in [5.74, 6) is -3.96. The Balaban J connectivity index is 2.89. The molecule has 0 aliphatic heterocycles. The van der Waals surface area contributed by atoms with Crippen LogP contribution in [0.25, 0.3) is 0 Å². The summed E-state index contributed by atoms with van der Waals surface area (Å²) in [6.07, 6.45) is 2.36. The van der Waals surface area contributed by atoms with E-state index in [1.165, 1.54) is 0 Å². The molecule has 0 fully saturated rings. The lowest BCUT2D eigenvalue weighted by atomic mass is 10.1. The molecule has 1 unspecified atom stereocenters. The second-order valence-corrected chi connectivity index (χ2v) is 4.61. The number of urea groups is 1. The molecule has 0 aliphatic rings. The fourth-order valence-corrected chi connectivity index (χ4v) is 1.90. The maximum Gasteiger partial charge on any atom is 0.337 e. The number of aromatic carboxylic acids is 1. The minimum atomic E-state index is -1.45. The Labute approximate surface area is 121 Å². The van der Waals surface area contributed by atoms with Gasteiger partial charge in [-0.3, -0.25) is 0 Å². The largest absolute Gasteiger partial charge is 0.478 e. The predicted molar refractivity (Wildman–Crippen MR) is 74.5 cm³/mol. The number of carbonyl (C=O) groups is 2. The maximum absolute atomic E-state index is 13.2. The van der Waals surface area contributed by atoms with Crippen molar-refractivity contribution in [3.05, 3.63) is 29.3 Å². The molecule has 0 saturated carbocycles. The van der Waals surface area contributed by atoms with Crippen LogP contribution >= 0.6 is 0 Å². The summed E-state index contributed by atoms with van der Waals surface area (Å²) in [4.78, 5) is 22.8. The van der Waals surface area contributed by atoms with Crippen molar-refractivity contribution in [1.29, 1.82) is 0 Å². The van der Waals surface area contributed by atoms with Crippen molar-refractivity contribution in [1.82, 2.24) is 5.32 Å². The van der Waals surface area contributed by atoms with Crippen LogP contribution in [-0.2, 0) is 0 Å². The van der Waals surface area contributed by atoms with Crippen molar-refractivity contribution in [3.63, 3.8) is 0 Å². The van der Waals surface area contributed by atoms with Crippen LogP contribution in [0, 0.1) is 11.6 Å². The summed E-state index contributed by atoms with van der Waals surface area (Å²) < 4.78 is 26.2. The van der Waals surface area contributed by atoms with Gasteiger partial charge in [0.2, 0.25) is 0 Å². The summed E-state index contributed by atoms with van der Waals surface area (Å²) in [5.41, 5.74) is -0.794. The van der Waals surface area contributed by atoms with Gasteiger partial charge in [-0.05, 0) is 18.9 Å². The molecule has 0 aliphatic carbocycles. The zero-order valence-electron chi connectivity index (χ0n) is 11.9. The van der Waals surface area contributed by atoms with E-state index >= 15 is 0 Å². The number of halogens is 2. The Morgan fingerprint density at radius 3 is 2.38 bits per heavy atom. The quantitative estimate of drug-likeness (QED) is 0.753. The van der Waals surface area contributed by atoms with E-state index in [9.17, 15) is 18.4 Å². The van der Waals surface area contributed by atoms with Crippen molar-refractivity contribution in [2.24, 2.45) is 0 Å². The van der Waals surface area contributed by atoms with E-state index in [0.29, 0.717) is 18.6 Å². The minimum absolute atomic E-state index is 0.0615. The third-order valence-electron chi connectivity index (χ3n) is 3.00. The van der Waals surface area contributed by atoms with E-state index in [2.05, 4.69) is 10.6 Å². The van der Waals surface area contributed by atoms with Crippen LogP contribution in [0.3, 0.4) is 0 Å². The van der Waals surface area contributed by atoms with Crippen molar-refractivity contribution < 1.29 is 23.5 Å². The Kier molecular flexibility index (Phi) is 6.08. The topological polar surface area (TPSA) is 78.4 Å². The van der Waals surface area contributed by atoms with Gasteiger partial charge in [0.25, 0.3) is 0 Å². The SMILES string of the molecule is CCCC(CC)NC(=O)Nc1cc(F)c(F)cc1C(=O)O. The molecule has 7 heteroatoms. The second kappa shape index (κ2) is 7.56. The molecule has 2 amide bonds.